The molecule has 98 valence electrons. The minimum Gasteiger partial charge on any atom is -0.324 e. The van der Waals surface area contributed by atoms with Gasteiger partial charge in [0.05, 0.1) is 6.54 Å². The number of hydrogen-bond acceptors (Lipinski definition) is 3. The van der Waals surface area contributed by atoms with E-state index in [1.54, 1.807) is 0 Å². The van der Waals surface area contributed by atoms with E-state index < -0.39 is 0 Å². The van der Waals surface area contributed by atoms with E-state index in [0.29, 0.717) is 12.5 Å². The Morgan fingerprint density at radius 1 is 1.33 bits per heavy atom. The van der Waals surface area contributed by atoms with Gasteiger partial charge in [-0.25, -0.2) is 0 Å². The molecule has 3 heteroatoms. The number of rotatable bonds is 6. The number of carbonyl (C=O) groups excluding carboxylic acids is 1. The lowest BCUT2D eigenvalue weighted by Gasteiger charge is -2.24. The molecule has 0 spiro atoms. The molecule has 0 bridgehead atoms. The lowest BCUT2D eigenvalue weighted by Crippen LogP contribution is -2.30. The van der Waals surface area contributed by atoms with E-state index in [9.17, 15) is 4.79 Å². The zero-order valence-corrected chi connectivity index (χ0v) is 10.8. The Hall–Kier alpha value is -1.19. The maximum Gasteiger partial charge on any atom is 0.146 e. The Labute approximate surface area is 109 Å². The zero-order chi connectivity index (χ0) is 12.8. The van der Waals surface area contributed by atoms with Crippen LogP contribution in [-0.2, 0) is 11.3 Å². The highest BCUT2D eigenvalue weighted by Gasteiger charge is 2.24. The van der Waals surface area contributed by atoms with Crippen LogP contribution in [0.2, 0.25) is 0 Å². The monoisotopic (exact) mass is 246 g/mol. The summed E-state index contributed by atoms with van der Waals surface area (Å²) in [6.45, 7) is 2.34. The molecule has 1 fully saturated rings. The summed E-state index contributed by atoms with van der Waals surface area (Å²) < 4.78 is 0. The Kier molecular flexibility index (Phi) is 4.90. The van der Waals surface area contributed by atoms with Crippen LogP contribution in [0.5, 0.6) is 0 Å². The van der Waals surface area contributed by atoms with E-state index in [-0.39, 0.29) is 12.3 Å². The number of Topliss-reactive ketones (excluding diaryl/α,β-unsaturated/α-hetero) is 1. The average molecular weight is 246 g/mol. The van der Waals surface area contributed by atoms with Gasteiger partial charge in [-0.2, -0.15) is 0 Å². The van der Waals surface area contributed by atoms with Crippen molar-refractivity contribution in [3.05, 3.63) is 35.9 Å². The first-order valence-electron chi connectivity index (χ1n) is 6.79. The van der Waals surface area contributed by atoms with Crippen LogP contribution in [0.25, 0.3) is 0 Å². The highest BCUT2D eigenvalue weighted by atomic mass is 16.1. The second kappa shape index (κ2) is 6.66. The minimum atomic E-state index is 0.182. The normalized spacial score (nSPS) is 20.2. The molecular formula is C15H22N2O. The predicted molar refractivity (Wildman–Crippen MR) is 73.2 cm³/mol. The summed E-state index contributed by atoms with van der Waals surface area (Å²) in [7, 11) is 0. The molecule has 1 heterocycles. The summed E-state index contributed by atoms with van der Waals surface area (Å²) in [5.41, 5.74) is 6.71. The van der Waals surface area contributed by atoms with Crippen LogP contribution in [0.3, 0.4) is 0 Å². The predicted octanol–water partition coefficient (Wildman–Crippen LogP) is 1.96. The maximum absolute atomic E-state index is 11.3. The molecule has 18 heavy (non-hydrogen) atoms. The lowest BCUT2D eigenvalue weighted by molar-refractivity contribution is -0.118. The molecule has 1 aliphatic rings. The first-order chi connectivity index (χ1) is 8.79. The Balaban J connectivity index is 1.86. The van der Waals surface area contributed by atoms with Gasteiger partial charge in [-0.3, -0.25) is 9.69 Å². The number of benzene rings is 1. The first kappa shape index (κ1) is 13.2. The minimum absolute atomic E-state index is 0.182. The van der Waals surface area contributed by atoms with Crippen molar-refractivity contribution in [3.8, 4) is 0 Å². The molecule has 1 aliphatic heterocycles. The first-order valence-corrected chi connectivity index (χ1v) is 6.79. The summed E-state index contributed by atoms with van der Waals surface area (Å²) >= 11 is 0. The molecule has 0 aromatic heterocycles. The second-order valence-electron chi connectivity index (χ2n) is 5.03. The summed E-state index contributed by atoms with van der Waals surface area (Å²) in [5, 5.41) is 0. The Bertz CT molecular complexity index is 377. The fourth-order valence-corrected chi connectivity index (χ4v) is 2.68. The van der Waals surface area contributed by atoms with Crippen molar-refractivity contribution in [3.63, 3.8) is 0 Å². The van der Waals surface area contributed by atoms with Gasteiger partial charge in [-0.1, -0.05) is 30.3 Å². The van der Waals surface area contributed by atoms with Gasteiger partial charge in [0.25, 0.3) is 0 Å². The van der Waals surface area contributed by atoms with Crippen LogP contribution in [0.1, 0.15) is 31.2 Å². The third kappa shape index (κ3) is 3.65. The van der Waals surface area contributed by atoms with Crippen LogP contribution in [0, 0.1) is 0 Å². The van der Waals surface area contributed by atoms with Crippen LogP contribution >= 0.6 is 0 Å². The third-order valence-electron chi connectivity index (χ3n) is 3.71. The number of hydrogen-bond donors (Lipinski definition) is 1. The van der Waals surface area contributed by atoms with Crippen molar-refractivity contribution in [1.29, 1.82) is 0 Å². The highest BCUT2D eigenvalue weighted by molar-refractivity contribution is 5.80. The van der Waals surface area contributed by atoms with Crippen molar-refractivity contribution >= 4 is 5.78 Å². The second-order valence-corrected chi connectivity index (χ2v) is 5.03. The van der Waals surface area contributed by atoms with E-state index >= 15 is 0 Å². The summed E-state index contributed by atoms with van der Waals surface area (Å²) in [4.78, 5) is 13.8. The van der Waals surface area contributed by atoms with Crippen molar-refractivity contribution in [2.75, 3.05) is 13.1 Å². The van der Waals surface area contributed by atoms with Crippen molar-refractivity contribution in [2.45, 2.75) is 38.3 Å². The molecule has 1 aromatic rings. The summed E-state index contributed by atoms with van der Waals surface area (Å²) in [6, 6.07) is 11.1. The fraction of sp³-hybridized carbons (Fsp3) is 0.533. The van der Waals surface area contributed by atoms with E-state index in [0.717, 1.165) is 19.5 Å². The van der Waals surface area contributed by atoms with Gasteiger partial charge in [-0.05, 0) is 31.4 Å². The molecule has 2 N–H and O–H groups in total. The molecule has 1 atom stereocenters. The SMILES string of the molecule is NCC(=O)CCC1CCCN1Cc1ccccc1. The molecule has 0 radical (unpaired) electrons. The maximum atomic E-state index is 11.3. The molecule has 1 saturated heterocycles. The molecule has 3 nitrogen and oxygen atoms in total. The van der Waals surface area contributed by atoms with Crippen molar-refractivity contribution < 1.29 is 4.79 Å². The smallest absolute Gasteiger partial charge is 0.146 e. The van der Waals surface area contributed by atoms with Crippen LogP contribution in [0.15, 0.2) is 30.3 Å². The standard InChI is InChI=1S/C15H22N2O/c16-11-15(18)9-8-14-7-4-10-17(14)12-13-5-2-1-3-6-13/h1-3,5-6,14H,4,7-12,16H2. The molecule has 2 rings (SSSR count). The van der Waals surface area contributed by atoms with Gasteiger partial charge in [-0.15, -0.1) is 0 Å². The third-order valence-corrected chi connectivity index (χ3v) is 3.71. The summed E-state index contributed by atoms with van der Waals surface area (Å²) in [6.07, 6.45) is 4.05. The van der Waals surface area contributed by atoms with Gasteiger partial charge in [0.2, 0.25) is 0 Å². The van der Waals surface area contributed by atoms with E-state index in [2.05, 4.69) is 29.2 Å². The number of nitrogens with zero attached hydrogens (tertiary/aromatic N) is 1. The molecule has 1 aromatic carbocycles. The quantitative estimate of drug-likeness (QED) is 0.834. The van der Waals surface area contributed by atoms with E-state index in [1.165, 1.54) is 18.4 Å². The Morgan fingerprint density at radius 3 is 2.83 bits per heavy atom. The number of nitrogens with two attached hydrogens (primary N) is 1. The number of likely N-dealkylation sites (tertiary alicyclic amines) is 1. The summed E-state index contributed by atoms with van der Waals surface area (Å²) in [5.74, 6) is 0.182. The van der Waals surface area contributed by atoms with Crippen LogP contribution in [0.4, 0.5) is 0 Å². The highest BCUT2D eigenvalue weighted by Crippen LogP contribution is 2.23. The van der Waals surface area contributed by atoms with Crippen molar-refractivity contribution in [2.24, 2.45) is 5.73 Å². The molecule has 0 saturated carbocycles. The molecular weight excluding hydrogens is 224 g/mol. The zero-order valence-electron chi connectivity index (χ0n) is 10.8. The van der Waals surface area contributed by atoms with Crippen molar-refractivity contribution in [1.82, 2.24) is 4.90 Å². The Morgan fingerprint density at radius 2 is 2.11 bits per heavy atom. The molecule has 0 amide bonds. The van der Waals surface area contributed by atoms with Gasteiger partial charge < -0.3 is 5.73 Å². The number of ketones is 1. The van der Waals surface area contributed by atoms with Gasteiger partial charge in [0.1, 0.15) is 5.78 Å². The average Bonchev–Trinajstić information content (AvgIpc) is 2.84. The van der Waals surface area contributed by atoms with E-state index in [4.69, 9.17) is 5.73 Å². The largest absolute Gasteiger partial charge is 0.324 e. The topological polar surface area (TPSA) is 46.3 Å². The van der Waals surface area contributed by atoms with Crippen LogP contribution in [-0.4, -0.2) is 29.8 Å². The molecule has 0 aliphatic carbocycles. The number of carbonyl (C=O) groups is 1. The van der Waals surface area contributed by atoms with Crippen LogP contribution < -0.4 is 5.73 Å². The van der Waals surface area contributed by atoms with Gasteiger partial charge in [0.15, 0.2) is 0 Å². The van der Waals surface area contributed by atoms with Gasteiger partial charge >= 0.3 is 0 Å². The van der Waals surface area contributed by atoms with E-state index in [1.807, 2.05) is 6.07 Å². The van der Waals surface area contributed by atoms with Gasteiger partial charge in [0, 0.05) is 19.0 Å². The fourth-order valence-electron chi connectivity index (χ4n) is 2.68. The lowest BCUT2D eigenvalue weighted by atomic mass is 10.1. The molecule has 1 unspecified atom stereocenters.